The predicted molar refractivity (Wildman–Crippen MR) is 124 cm³/mol. The maximum absolute atomic E-state index is 9.55. The van der Waals surface area contributed by atoms with Crippen molar-refractivity contribution in [3.63, 3.8) is 0 Å². The summed E-state index contributed by atoms with van der Waals surface area (Å²) in [6.45, 7) is 6.18. The van der Waals surface area contributed by atoms with Gasteiger partial charge < -0.3 is 10.6 Å². The molecule has 7 heteroatoms. The van der Waals surface area contributed by atoms with Gasteiger partial charge in [-0.3, -0.25) is 0 Å². The number of para-hydroxylation sites is 1. The van der Waals surface area contributed by atoms with Gasteiger partial charge in [-0.15, -0.1) is 0 Å². The number of fused-ring (bicyclic) bond motifs is 1. The van der Waals surface area contributed by atoms with Gasteiger partial charge in [0.1, 0.15) is 11.6 Å². The minimum atomic E-state index is 0.365. The number of anilines is 2. The summed E-state index contributed by atoms with van der Waals surface area (Å²) in [7, 11) is 0. The lowest BCUT2D eigenvalue weighted by Crippen LogP contribution is -2.21. The number of hydrogen-bond acceptors (Lipinski definition) is 4. The van der Waals surface area contributed by atoms with Gasteiger partial charge in [-0.2, -0.15) is 15.0 Å². The Morgan fingerprint density at radius 3 is 2.53 bits per heavy atom. The van der Waals surface area contributed by atoms with Crippen LogP contribution in [0.25, 0.3) is 16.7 Å². The van der Waals surface area contributed by atoms with Gasteiger partial charge in [0, 0.05) is 11.1 Å². The lowest BCUT2D eigenvalue weighted by Gasteiger charge is -2.14. The van der Waals surface area contributed by atoms with Crippen LogP contribution in [0.5, 0.6) is 0 Å². The Labute approximate surface area is 180 Å². The van der Waals surface area contributed by atoms with Crippen LogP contribution in [0.3, 0.4) is 0 Å². The number of nitrogens with zero attached hydrogens (tertiary/aromatic N) is 4. The van der Waals surface area contributed by atoms with E-state index in [1.807, 2.05) is 43.3 Å². The first-order valence-electron chi connectivity index (χ1n) is 9.46. The average molecular weight is 413 g/mol. The van der Waals surface area contributed by atoms with E-state index < -0.39 is 0 Å². The first kappa shape index (κ1) is 19.6. The maximum Gasteiger partial charge on any atom is 0.176 e. The zero-order chi connectivity index (χ0) is 21.3. The van der Waals surface area contributed by atoms with Crippen molar-refractivity contribution in [2.45, 2.75) is 20.8 Å². The van der Waals surface area contributed by atoms with E-state index in [2.05, 4.69) is 47.8 Å². The minimum Gasteiger partial charge on any atom is -0.332 e. The van der Waals surface area contributed by atoms with Crippen LogP contribution in [-0.2, 0) is 0 Å². The predicted octanol–water partition coefficient (Wildman–Crippen LogP) is 5.03. The summed E-state index contributed by atoms with van der Waals surface area (Å²) >= 11 is 5.45. The molecule has 0 bridgehead atoms. The number of aromatic nitrogens is 3. The molecule has 0 atom stereocenters. The average Bonchev–Trinajstić information content (AvgIpc) is 3.11. The first-order chi connectivity index (χ1) is 14.5. The maximum atomic E-state index is 9.55. The second-order valence-electron chi connectivity index (χ2n) is 7.15. The van der Waals surface area contributed by atoms with Crippen molar-refractivity contribution in [1.29, 1.82) is 5.26 Å². The Morgan fingerprint density at radius 2 is 1.80 bits per heavy atom. The lowest BCUT2D eigenvalue weighted by atomic mass is 10.0. The van der Waals surface area contributed by atoms with E-state index in [4.69, 9.17) is 17.2 Å². The molecule has 2 heterocycles. The fraction of sp³-hybridized carbons (Fsp3) is 0.130. The van der Waals surface area contributed by atoms with E-state index in [0.29, 0.717) is 22.3 Å². The number of thiocarbonyl (C=S) groups is 1. The van der Waals surface area contributed by atoms with Gasteiger partial charge in [-0.25, -0.2) is 4.98 Å². The Hall–Kier alpha value is -3.76. The molecule has 2 aromatic carbocycles. The SMILES string of the molecule is Cc1cc(C)c2nc(-n3ncc(C#N)c3NC(=S)Nc3ccccc3)cc(C)c2c1. The summed E-state index contributed by atoms with van der Waals surface area (Å²) in [4.78, 5) is 4.83. The van der Waals surface area contributed by atoms with E-state index in [0.717, 1.165) is 27.7 Å². The second kappa shape index (κ2) is 7.93. The number of nitriles is 1. The fourth-order valence-electron chi connectivity index (χ4n) is 3.45. The molecule has 0 aliphatic rings. The van der Waals surface area contributed by atoms with Crippen LogP contribution in [0.2, 0.25) is 0 Å². The molecule has 148 valence electrons. The van der Waals surface area contributed by atoms with E-state index in [-0.39, 0.29) is 0 Å². The van der Waals surface area contributed by atoms with Crippen molar-refractivity contribution in [2.24, 2.45) is 0 Å². The summed E-state index contributed by atoms with van der Waals surface area (Å²) in [5, 5.41) is 21.6. The lowest BCUT2D eigenvalue weighted by molar-refractivity contribution is 0.859. The first-order valence-corrected chi connectivity index (χ1v) is 9.87. The zero-order valence-electron chi connectivity index (χ0n) is 16.9. The molecule has 2 aromatic heterocycles. The molecular weight excluding hydrogens is 392 g/mol. The smallest absolute Gasteiger partial charge is 0.176 e. The largest absolute Gasteiger partial charge is 0.332 e. The Balaban J connectivity index is 1.75. The summed E-state index contributed by atoms with van der Waals surface area (Å²) in [5.74, 6) is 1.10. The monoisotopic (exact) mass is 412 g/mol. The third-order valence-corrected chi connectivity index (χ3v) is 5.02. The van der Waals surface area contributed by atoms with Crippen molar-refractivity contribution in [3.8, 4) is 11.9 Å². The van der Waals surface area contributed by atoms with E-state index >= 15 is 0 Å². The number of aryl methyl sites for hydroxylation is 3. The Bertz CT molecular complexity index is 1300. The van der Waals surface area contributed by atoms with Crippen LogP contribution >= 0.6 is 12.2 Å². The molecule has 30 heavy (non-hydrogen) atoms. The molecule has 2 N–H and O–H groups in total. The highest BCUT2D eigenvalue weighted by Crippen LogP contribution is 2.26. The zero-order valence-corrected chi connectivity index (χ0v) is 17.7. The van der Waals surface area contributed by atoms with Crippen LogP contribution in [0.4, 0.5) is 11.5 Å². The second-order valence-corrected chi connectivity index (χ2v) is 7.56. The standard InChI is InChI=1S/C23H20N6S/c1-14-9-16(3)21-19(10-14)15(2)11-20(27-21)29-22(17(12-24)13-25-29)28-23(30)26-18-7-5-4-6-8-18/h4-11,13H,1-3H3,(H2,26,28,30). The Kier molecular flexibility index (Phi) is 5.17. The number of hydrogen-bond donors (Lipinski definition) is 2. The van der Waals surface area contributed by atoms with Gasteiger partial charge in [0.05, 0.1) is 11.7 Å². The minimum absolute atomic E-state index is 0.365. The third-order valence-electron chi connectivity index (χ3n) is 4.81. The van der Waals surface area contributed by atoms with Gasteiger partial charge in [0.2, 0.25) is 0 Å². The van der Waals surface area contributed by atoms with E-state index in [1.54, 1.807) is 4.68 Å². The van der Waals surface area contributed by atoms with Crippen LogP contribution in [0, 0.1) is 32.1 Å². The number of nitrogens with one attached hydrogen (secondary N) is 2. The van der Waals surface area contributed by atoms with E-state index in [1.165, 1.54) is 11.8 Å². The number of rotatable bonds is 3. The Morgan fingerprint density at radius 1 is 1.03 bits per heavy atom. The quantitative estimate of drug-likeness (QED) is 0.460. The molecule has 0 saturated carbocycles. The molecule has 0 aliphatic heterocycles. The number of benzene rings is 2. The van der Waals surface area contributed by atoms with Crippen molar-refractivity contribution >= 4 is 39.7 Å². The van der Waals surface area contributed by atoms with E-state index in [9.17, 15) is 5.26 Å². The number of pyridine rings is 1. The van der Waals surface area contributed by atoms with Crippen LogP contribution in [-0.4, -0.2) is 19.9 Å². The molecular formula is C23H20N6S. The normalized spacial score (nSPS) is 10.6. The summed E-state index contributed by atoms with van der Waals surface area (Å²) in [5.41, 5.74) is 5.53. The highest BCUT2D eigenvalue weighted by Gasteiger charge is 2.16. The van der Waals surface area contributed by atoms with Gasteiger partial charge in [-0.05, 0) is 68.4 Å². The topological polar surface area (TPSA) is 78.6 Å². The van der Waals surface area contributed by atoms with Crippen molar-refractivity contribution in [3.05, 3.63) is 77.0 Å². The van der Waals surface area contributed by atoms with Gasteiger partial charge >= 0.3 is 0 Å². The molecule has 0 amide bonds. The fourth-order valence-corrected chi connectivity index (χ4v) is 3.67. The molecule has 0 unspecified atom stereocenters. The highest BCUT2D eigenvalue weighted by molar-refractivity contribution is 7.80. The van der Waals surface area contributed by atoms with Crippen LogP contribution < -0.4 is 10.6 Å². The van der Waals surface area contributed by atoms with Crippen LogP contribution in [0.15, 0.2) is 54.7 Å². The molecule has 0 fully saturated rings. The summed E-state index contributed by atoms with van der Waals surface area (Å²) < 4.78 is 1.61. The summed E-state index contributed by atoms with van der Waals surface area (Å²) in [6.07, 6.45) is 1.51. The van der Waals surface area contributed by atoms with Crippen molar-refractivity contribution < 1.29 is 0 Å². The molecule has 6 nitrogen and oxygen atoms in total. The van der Waals surface area contributed by atoms with Gasteiger partial charge in [0.15, 0.2) is 16.7 Å². The van der Waals surface area contributed by atoms with Crippen LogP contribution in [0.1, 0.15) is 22.3 Å². The molecule has 4 aromatic rings. The molecule has 0 aliphatic carbocycles. The molecule has 0 spiro atoms. The van der Waals surface area contributed by atoms with Crippen molar-refractivity contribution in [1.82, 2.24) is 14.8 Å². The molecule has 4 rings (SSSR count). The van der Waals surface area contributed by atoms with Gasteiger partial charge in [-0.1, -0.05) is 29.8 Å². The highest BCUT2D eigenvalue weighted by atomic mass is 32.1. The van der Waals surface area contributed by atoms with Gasteiger partial charge in [0.25, 0.3) is 0 Å². The van der Waals surface area contributed by atoms with Crippen molar-refractivity contribution in [2.75, 3.05) is 10.6 Å². The summed E-state index contributed by atoms with van der Waals surface area (Å²) in [6, 6.07) is 18.0. The third kappa shape index (κ3) is 3.73. The molecule has 0 saturated heterocycles. The molecule has 0 radical (unpaired) electrons.